The second-order valence-corrected chi connectivity index (χ2v) is 22.3. The van der Waals surface area contributed by atoms with Gasteiger partial charge in [-0.1, -0.05) is 134 Å². The van der Waals surface area contributed by atoms with Crippen LogP contribution in [0.1, 0.15) is 147 Å². The van der Waals surface area contributed by atoms with E-state index in [-0.39, 0.29) is 27.1 Å². The lowest BCUT2D eigenvalue weighted by Gasteiger charge is -2.61. The number of hydrogen-bond donors (Lipinski definition) is 0. The number of fused-ring (bicyclic) bond motifs is 5. The van der Waals surface area contributed by atoms with Gasteiger partial charge in [0.2, 0.25) is 0 Å². The van der Waals surface area contributed by atoms with E-state index in [9.17, 15) is 0 Å². The van der Waals surface area contributed by atoms with Crippen LogP contribution in [0.5, 0.6) is 0 Å². The van der Waals surface area contributed by atoms with Gasteiger partial charge < -0.3 is 4.90 Å². The fraction of sp³-hybridized carbons (Fsp3) is 0.464. The minimum absolute atomic E-state index is 0.0410. The summed E-state index contributed by atoms with van der Waals surface area (Å²) in [6.07, 6.45) is 11.8. The zero-order valence-corrected chi connectivity index (χ0v) is 35.9. The zero-order valence-electron chi connectivity index (χ0n) is 35.9. The molecule has 4 bridgehead atoms. The molecular weight excluding hydrogens is 687 g/mol. The summed E-state index contributed by atoms with van der Waals surface area (Å²) in [5, 5.41) is 0. The summed E-state index contributed by atoms with van der Waals surface area (Å²) in [6, 6.07) is 41.2. The van der Waals surface area contributed by atoms with Gasteiger partial charge in [-0.2, -0.15) is 0 Å². The number of nitrogens with zero attached hydrogens (tertiary/aromatic N) is 1. The Labute approximate surface area is 343 Å². The van der Waals surface area contributed by atoms with Crippen molar-refractivity contribution < 1.29 is 0 Å². The van der Waals surface area contributed by atoms with E-state index in [1.807, 2.05) is 0 Å². The van der Waals surface area contributed by atoms with Crippen LogP contribution in [0.2, 0.25) is 0 Å². The van der Waals surface area contributed by atoms with E-state index in [0.717, 1.165) is 11.8 Å². The molecule has 0 unspecified atom stereocenters. The minimum Gasteiger partial charge on any atom is -0.310 e. The van der Waals surface area contributed by atoms with Gasteiger partial charge in [-0.25, -0.2) is 0 Å². The molecule has 7 aliphatic rings. The molecule has 12 rings (SSSR count). The molecule has 0 N–H and O–H groups in total. The molecule has 0 amide bonds. The van der Waals surface area contributed by atoms with Gasteiger partial charge in [0.1, 0.15) is 0 Å². The summed E-state index contributed by atoms with van der Waals surface area (Å²) in [5.41, 5.74) is 19.7. The summed E-state index contributed by atoms with van der Waals surface area (Å²) in [7, 11) is 0. The standard InChI is InChI=1S/C56H63N/c1-52(2)24-26-54(5,6)50-45(52)20-14-22-47(50)57(48-23-15-21-46-51(48)55(7,8)27-25-53(46,3)4)40-33-42(37-16-10-9-11-17-37)49-43(34-40)41-18-12-13-19-44(41)56(49)38-29-35-28-36(31-38)32-39(56)30-35/h9-23,33-36,38-39H,24-32H2,1-8H3. The van der Waals surface area contributed by atoms with E-state index in [4.69, 9.17) is 0 Å². The second kappa shape index (κ2) is 12.0. The van der Waals surface area contributed by atoms with Crippen molar-refractivity contribution in [3.8, 4) is 22.3 Å². The number of anilines is 3. The van der Waals surface area contributed by atoms with E-state index in [0.29, 0.717) is 11.8 Å². The van der Waals surface area contributed by atoms with E-state index < -0.39 is 0 Å². The average molecular weight is 750 g/mol. The Morgan fingerprint density at radius 1 is 0.421 bits per heavy atom. The maximum absolute atomic E-state index is 2.78. The molecule has 0 aromatic heterocycles. The molecule has 0 heterocycles. The van der Waals surface area contributed by atoms with Crippen molar-refractivity contribution >= 4 is 17.1 Å². The summed E-state index contributed by atoms with van der Waals surface area (Å²) in [5.74, 6) is 3.26. The van der Waals surface area contributed by atoms with Crippen LogP contribution in [-0.4, -0.2) is 0 Å². The van der Waals surface area contributed by atoms with E-state index in [2.05, 4.69) is 163 Å². The highest BCUT2D eigenvalue weighted by Crippen LogP contribution is 2.71. The Bertz CT molecular complexity index is 2330. The third kappa shape index (κ3) is 4.99. The lowest BCUT2D eigenvalue weighted by Crippen LogP contribution is -2.55. The summed E-state index contributed by atoms with van der Waals surface area (Å²) >= 11 is 0. The Kier molecular flexibility index (Phi) is 7.58. The first-order valence-electron chi connectivity index (χ1n) is 22.6. The van der Waals surface area contributed by atoms with Crippen LogP contribution in [0, 0.1) is 23.7 Å². The Morgan fingerprint density at radius 3 is 1.46 bits per heavy atom. The van der Waals surface area contributed by atoms with Gasteiger partial charge in [0.05, 0.1) is 11.4 Å². The molecule has 57 heavy (non-hydrogen) atoms. The monoisotopic (exact) mass is 749 g/mol. The Balaban J connectivity index is 1.26. The maximum Gasteiger partial charge on any atom is 0.0502 e. The maximum atomic E-state index is 2.78. The van der Waals surface area contributed by atoms with Crippen molar-refractivity contribution in [2.24, 2.45) is 23.7 Å². The minimum atomic E-state index is 0.0410. The first-order valence-corrected chi connectivity index (χ1v) is 22.6. The van der Waals surface area contributed by atoms with E-state index in [1.54, 1.807) is 11.1 Å². The topological polar surface area (TPSA) is 3.24 Å². The first-order chi connectivity index (χ1) is 27.2. The molecule has 0 atom stereocenters. The predicted molar refractivity (Wildman–Crippen MR) is 240 cm³/mol. The van der Waals surface area contributed by atoms with Crippen molar-refractivity contribution in [3.63, 3.8) is 0 Å². The van der Waals surface area contributed by atoms with Gasteiger partial charge in [0, 0.05) is 11.1 Å². The van der Waals surface area contributed by atoms with Crippen LogP contribution in [0.15, 0.2) is 103 Å². The Hall–Kier alpha value is -4.10. The highest BCUT2D eigenvalue weighted by molar-refractivity contribution is 5.95. The number of hydrogen-bond acceptors (Lipinski definition) is 1. The summed E-state index contributed by atoms with van der Waals surface area (Å²) < 4.78 is 0. The highest BCUT2D eigenvalue weighted by Gasteiger charge is 2.62. The van der Waals surface area contributed by atoms with E-state index in [1.165, 1.54) is 119 Å². The third-order valence-corrected chi connectivity index (χ3v) is 17.1. The second-order valence-electron chi connectivity index (χ2n) is 22.3. The van der Waals surface area contributed by atoms with Gasteiger partial charge in [0.15, 0.2) is 0 Å². The van der Waals surface area contributed by atoms with Crippen molar-refractivity contribution in [3.05, 3.63) is 137 Å². The van der Waals surface area contributed by atoms with Gasteiger partial charge in [-0.15, -0.1) is 0 Å². The van der Waals surface area contributed by atoms with Crippen LogP contribution in [0.25, 0.3) is 22.3 Å². The fourth-order valence-electron chi connectivity index (χ4n) is 14.4. The quantitative estimate of drug-likeness (QED) is 0.177. The number of rotatable bonds is 4. The molecule has 1 heteroatoms. The van der Waals surface area contributed by atoms with Crippen LogP contribution in [-0.2, 0) is 27.1 Å². The molecule has 0 radical (unpaired) electrons. The normalized spacial score (nSPS) is 28.7. The Morgan fingerprint density at radius 2 is 0.895 bits per heavy atom. The van der Waals surface area contributed by atoms with Gasteiger partial charge in [0.25, 0.3) is 0 Å². The average Bonchev–Trinajstić information content (AvgIpc) is 3.48. The van der Waals surface area contributed by atoms with Crippen LogP contribution >= 0.6 is 0 Å². The molecule has 0 aliphatic heterocycles. The van der Waals surface area contributed by atoms with Crippen LogP contribution in [0.4, 0.5) is 17.1 Å². The molecule has 1 nitrogen and oxygen atoms in total. The molecule has 1 spiro atoms. The van der Waals surface area contributed by atoms with Crippen LogP contribution < -0.4 is 4.90 Å². The van der Waals surface area contributed by atoms with Gasteiger partial charge in [-0.05, 0) is 183 Å². The molecule has 5 aromatic rings. The lowest BCUT2D eigenvalue weighted by molar-refractivity contribution is -0.0397. The molecule has 5 aromatic carbocycles. The van der Waals surface area contributed by atoms with E-state index >= 15 is 0 Å². The molecule has 0 saturated heterocycles. The summed E-state index contributed by atoms with van der Waals surface area (Å²) in [4.78, 5) is 2.78. The van der Waals surface area contributed by atoms with Crippen molar-refractivity contribution in [2.75, 3.05) is 4.90 Å². The van der Waals surface area contributed by atoms with Crippen molar-refractivity contribution in [1.82, 2.24) is 0 Å². The fourth-order valence-corrected chi connectivity index (χ4v) is 14.4. The first kappa shape index (κ1) is 36.0. The lowest BCUT2D eigenvalue weighted by atomic mass is 9.42. The van der Waals surface area contributed by atoms with Crippen molar-refractivity contribution in [2.45, 2.75) is 140 Å². The largest absolute Gasteiger partial charge is 0.310 e. The number of benzene rings is 5. The SMILES string of the molecule is CC1(C)CCC(C)(C)c2c(N(c3cc(-c4ccccc4)c4c(c3)-c3ccccc3C43C4CC5CC(C4)CC3C5)c3cccc4c3C(C)(C)CCC4(C)C)cccc21. The molecule has 292 valence electrons. The molecule has 4 saturated carbocycles. The van der Waals surface area contributed by atoms with Crippen LogP contribution in [0.3, 0.4) is 0 Å². The molecule has 7 aliphatic carbocycles. The predicted octanol–water partition coefficient (Wildman–Crippen LogP) is 15.2. The smallest absolute Gasteiger partial charge is 0.0502 e. The van der Waals surface area contributed by atoms with Crippen molar-refractivity contribution in [1.29, 1.82) is 0 Å². The van der Waals surface area contributed by atoms with Gasteiger partial charge in [-0.3, -0.25) is 0 Å². The summed E-state index contributed by atoms with van der Waals surface area (Å²) in [6.45, 7) is 20.0. The zero-order chi connectivity index (χ0) is 39.3. The molecular formula is C56H63N. The van der Waals surface area contributed by atoms with Gasteiger partial charge >= 0.3 is 0 Å². The highest BCUT2D eigenvalue weighted by atomic mass is 15.2. The third-order valence-electron chi connectivity index (χ3n) is 17.1. The molecule has 4 fully saturated rings.